The Bertz CT molecular complexity index is 385. The molecule has 0 fully saturated rings. The zero-order valence-electron chi connectivity index (χ0n) is 11.4. The van der Waals surface area contributed by atoms with Gasteiger partial charge in [0.25, 0.3) is 0 Å². The van der Waals surface area contributed by atoms with Gasteiger partial charge in [0.1, 0.15) is 5.82 Å². The van der Waals surface area contributed by atoms with E-state index in [0.717, 1.165) is 37.9 Å². The number of hydrogen-bond acceptors (Lipinski definition) is 1. The Kier molecular flexibility index (Phi) is 8.67. The first-order valence-electron chi connectivity index (χ1n) is 6.99. The van der Waals surface area contributed by atoms with E-state index in [1.165, 1.54) is 25.3 Å². The van der Waals surface area contributed by atoms with Crippen molar-refractivity contribution in [2.45, 2.75) is 45.4 Å². The highest BCUT2D eigenvalue weighted by atomic mass is 79.9. The van der Waals surface area contributed by atoms with Crippen LogP contribution in [0.25, 0.3) is 0 Å². The van der Waals surface area contributed by atoms with E-state index in [9.17, 15) is 4.39 Å². The lowest BCUT2D eigenvalue weighted by atomic mass is 10.1. The van der Waals surface area contributed by atoms with E-state index in [-0.39, 0.29) is 5.82 Å². The maximum absolute atomic E-state index is 13.6. The second kappa shape index (κ2) is 9.73. The van der Waals surface area contributed by atoms with Crippen molar-refractivity contribution in [2.24, 2.45) is 0 Å². The molecule has 0 radical (unpaired) electrons. The van der Waals surface area contributed by atoms with E-state index in [4.69, 9.17) is 11.6 Å². The molecule has 0 aliphatic heterocycles. The van der Waals surface area contributed by atoms with Crippen molar-refractivity contribution >= 4 is 27.5 Å². The summed E-state index contributed by atoms with van der Waals surface area (Å²) in [7, 11) is 0. The smallest absolute Gasteiger partial charge is 0.127 e. The topological polar surface area (TPSA) is 12.0 Å². The van der Waals surface area contributed by atoms with Crippen LogP contribution in [-0.2, 0) is 6.42 Å². The predicted octanol–water partition coefficient (Wildman–Crippen LogP) is 5.34. The number of unbranched alkanes of at least 4 members (excludes halogenated alkanes) is 3. The molecule has 108 valence electrons. The van der Waals surface area contributed by atoms with Gasteiger partial charge in [-0.25, -0.2) is 4.39 Å². The summed E-state index contributed by atoms with van der Waals surface area (Å²) in [5, 5.41) is 3.97. The maximum atomic E-state index is 13.6. The van der Waals surface area contributed by atoms with Crippen LogP contribution >= 0.6 is 27.5 Å². The first-order valence-corrected chi connectivity index (χ1v) is 8.16. The Labute approximate surface area is 129 Å². The normalized spacial score (nSPS) is 10.9. The summed E-state index contributed by atoms with van der Waals surface area (Å²) < 4.78 is 14.3. The molecule has 1 aromatic carbocycles. The SMILES string of the molecule is CCCNCCCCCCc1cc(Cl)c(Br)cc1F. The van der Waals surface area contributed by atoms with Gasteiger partial charge >= 0.3 is 0 Å². The Morgan fingerprint density at radius 2 is 1.89 bits per heavy atom. The van der Waals surface area contributed by atoms with Crippen LogP contribution in [0.2, 0.25) is 5.02 Å². The fourth-order valence-corrected chi connectivity index (χ4v) is 2.48. The van der Waals surface area contributed by atoms with Crippen molar-refractivity contribution in [2.75, 3.05) is 13.1 Å². The summed E-state index contributed by atoms with van der Waals surface area (Å²) in [6.07, 6.45) is 6.50. The molecule has 0 aliphatic rings. The minimum Gasteiger partial charge on any atom is -0.317 e. The van der Waals surface area contributed by atoms with Crippen molar-refractivity contribution in [3.63, 3.8) is 0 Å². The van der Waals surface area contributed by atoms with Gasteiger partial charge in [-0.05, 0) is 72.4 Å². The second-order valence-corrected chi connectivity index (χ2v) is 6.03. The standard InChI is InChI=1S/C15H22BrClFN/c1-2-8-19-9-6-4-3-5-7-12-10-14(17)13(16)11-15(12)18/h10-11,19H,2-9H2,1H3. The predicted molar refractivity (Wildman–Crippen MR) is 84.4 cm³/mol. The molecule has 0 aromatic heterocycles. The summed E-state index contributed by atoms with van der Waals surface area (Å²) in [6, 6.07) is 3.18. The number of nitrogens with one attached hydrogen (secondary N) is 1. The molecule has 0 atom stereocenters. The average Bonchev–Trinajstić information content (AvgIpc) is 2.38. The number of aryl methyl sites for hydroxylation is 1. The van der Waals surface area contributed by atoms with Crippen LogP contribution in [-0.4, -0.2) is 13.1 Å². The highest BCUT2D eigenvalue weighted by Crippen LogP contribution is 2.26. The molecule has 0 heterocycles. The van der Waals surface area contributed by atoms with E-state index in [1.807, 2.05) is 0 Å². The van der Waals surface area contributed by atoms with Crippen LogP contribution in [0, 0.1) is 5.82 Å². The zero-order valence-corrected chi connectivity index (χ0v) is 13.8. The fourth-order valence-electron chi connectivity index (χ4n) is 1.98. The third-order valence-electron chi connectivity index (χ3n) is 3.07. The molecule has 0 saturated carbocycles. The summed E-state index contributed by atoms with van der Waals surface area (Å²) in [6.45, 7) is 4.36. The molecule has 19 heavy (non-hydrogen) atoms. The van der Waals surface area contributed by atoms with Gasteiger partial charge in [0.05, 0.1) is 5.02 Å². The molecular weight excluding hydrogens is 329 g/mol. The van der Waals surface area contributed by atoms with E-state index < -0.39 is 0 Å². The molecule has 4 heteroatoms. The highest BCUT2D eigenvalue weighted by Gasteiger charge is 2.06. The molecule has 0 aliphatic carbocycles. The quantitative estimate of drug-likeness (QED) is 0.468. The molecule has 0 spiro atoms. The monoisotopic (exact) mass is 349 g/mol. The summed E-state index contributed by atoms with van der Waals surface area (Å²) in [4.78, 5) is 0. The maximum Gasteiger partial charge on any atom is 0.127 e. The van der Waals surface area contributed by atoms with Crippen LogP contribution < -0.4 is 5.32 Å². The highest BCUT2D eigenvalue weighted by molar-refractivity contribution is 9.10. The first kappa shape index (κ1) is 16.9. The van der Waals surface area contributed by atoms with Gasteiger partial charge in [-0.2, -0.15) is 0 Å². The van der Waals surface area contributed by atoms with E-state index in [1.54, 1.807) is 6.07 Å². The molecule has 1 nitrogen and oxygen atoms in total. The third-order valence-corrected chi connectivity index (χ3v) is 4.26. The Morgan fingerprint density at radius 1 is 1.16 bits per heavy atom. The van der Waals surface area contributed by atoms with Crippen molar-refractivity contribution < 1.29 is 4.39 Å². The largest absolute Gasteiger partial charge is 0.317 e. The van der Waals surface area contributed by atoms with Crippen LogP contribution in [0.15, 0.2) is 16.6 Å². The molecule has 1 N–H and O–H groups in total. The second-order valence-electron chi connectivity index (χ2n) is 4.77. The zero-order chi connectivity index (χ0) is 14.1. The molecule has 1 aromatic rings. The molecule has 0 amide bonds. The van der Waals surface area contributed by atoms with Gasteiger partial charge in [0, 0.05) is 4.47 Å². The number of hydrogen-bond donors (Lipinski definition) is 1. The van der Waals surface area contributed by atoms with Crippen molar-refractivity contribution in [3.8, 4) is 0 Å². The molecule has 0 unspecified atom stereocenters. The van der Waals surface area contributed by atoms with Gasteiger partial charge in [-0.15, -0.1) is 0 Å². The first-order chi connectivity index (χ1) is 9.15. The molecule has 0 saturated heterocycles. The molecule has 0 bridgehead atoms. The van der Waals surface area contributed by atoms with Crippen molar-refractivity contribution in [1.29, 1.82) is 0 Å². The average molecular weight is 351 g/mol. The van der Waals surface area contributed by atoms with Crippen LogP contribution in [0.4, 0.5) is 4.39 Å². The lowest BCUT2D eigenvalue weighted by molar-refractivity contribution is 0.571. The summed E-state index contributed by atoms with van der Waals surface area (Å²) in [5.41, 5.74) is 0.720. The van der Waals surface area contributed by atoms with Gasteiger partial charge < -0.3 is 5.32 Å². The lowest BCUT2D eigenvalue weighted by Crippen LogP contribution is -2.15. The van der Waals surface area contributed by atoms with Crippen LogP contribution in [0.3, 0.4) is 0 Å². The molecule has 1 rings (SSSR count). The van der Waals surface area contributed by atoms with Crippen molar-refractivity contribution in [3.05, 3.63) is 33.0 Å². The van der Waals surface area contributed by atoms with Gasteiger partial charge in [-0.1, -0.05) is 31.4 Å². The van der Waals surface area contributed by atoms with Crippen molar-refractivity contribution in [1.82, 2.24) is 5.32 Å². The fraction of sp³-hybridized carbons (Fsp3) is 0.600. The Hall–Kier alpha value is -0.120. The van der Waals surface area contributed by atoms with E-state index in [2.05, 4.69) is 28.2 Å². The lowest BCUT2D eigenvalue weighted by Gasteiger charge is -2.06. The van der Waals surface area contributed by atoms with E-state index >= 15 is 0 Å². The number of halogens is 3. The number of benzene rings is 1. The van der Waals surface area contributed by atoms with Crippen LogP contribution in [0.1, 0.15) is 44.6 Å². The Balaban J connectivity index is 2.17. The van der Waals surface area contributed by atoms with Gasteiger partial charge in [0.15, 0.2) is 0 Å². The minimum absolute atomic E-state index is 0.166. The Morgan fingerprint density at radius 3 is 2.63 bits per heavy atom. The van der Waals surface area contributed by atoms with Crippen LogP contribution in [0.5, 0.6) is 0 Å². The number of rotatable bonds is 9. The minimum atomic E-state index is -0.166. The summed E-state index contributed by atoms with van der Waals surface area (Å²) in [5.74, 6) is -0.166. The third kappa shape index (κ3) is 6.73. The van der Waals surface area contributed by atoms with E-state index in [0.29, 0.717) is 9.50 Å². The molecular formula is C15H22BrClFN. The van der Waals surface area contributed by atoms with Gasteiger partial charge in [0.2, 0.25) is 0 Å². The van der Waals surface area contributed by atoms with Gasteiger partial charge in [-0.3, -0.25) is 0 Å². The summed E-state index contributed by atoms with van der Waals surface area (Å²) >= 11 is 9.20.